The summed E-state index contributed by atoms with van der Waals surface area (Å²) < 4.78 is 4.88. The average Bonchev–Trinajstić information content (AvgIpc) is 2.27. The number of anilines is 1. The van der Waals surface area contributed by atoms with Gasteiger partial charge in [0.15, 0.2) is 0 Å². The Labute approximate surface area is 102 Å². The van der Waals surface area contributed by atoms with E-state index >= 15 is 0 Å². The molecule has 0 aliphatic heterocycles. The van der Waals surface area contributed by atoms with Crippen LogP contribution in [0.3, 0.4) is 0 Å². The summed E-state index contributed by atoms with van der Waals surface area (Å²) >= 11 is 0. The van der Waals surface area contributed by atoms with Gasteiger partial charge in [-0.2, -0.15) is 0 Å². The summed E-state index contributed by atoms with van der Waals surface area (Å²) in [5, 5.41) is 3.33. The number of benzene rings is 1. The molecule has 1 atom stereocenters. The molecular formula is C14H19NO2. The molecule has 1 fully saturated rings. The summed E-state index contributed by atoms with van der Waals surface area (Å²) in [5.74, 6) is 0.264. The predicted octanol–water partition coefficient (Wildman–Crippen LogP) is 2.75. The fraction of sp³-hybridized carbons (Fsp3) is 0.500. The summed E-state index contributed by atoms with van der Waals surface area (Å²) in [5.41, 5.74) is 2.18. The lowest BCUT2D eigenvalue weighted by molar-refractivity contribution is -0.143. The molecule has 1 aliphatic rings. The molecule has 92 valence electrons. The second-order valence-electron chi connectivity index (χ2n) is 4.65. The molecule has 0 radical (unpaired) electrons. The SMILES string of the molecule is COC(=O)C(Nc1ccccc1C)C1CCC1. The number of aryl methyl sites for hydroxylation is 1. The first kappa shape index (κ1) is 12.0. The molecule has 0 bridgehead atoms. The van der Waals surface area contributed by atoms with Crippen LogP contribution in [-0.2, 0) is 9.53 Å². The zero-order chi connectivity index (χ0) is 12.3. The Morgan fingerprint density at radius 3 is 2.65 bits per heavy atom. The molecule has 0 aromatic heterocycles. The number of hydrogen-bond donors (Lipinski definition) is 1. The van der Waals surface area contributed by atoms with Crippen molar-refractivity contribution in [2.45, 2.75) is 32.2 Å². The van der Waals surface area contributed by atoms with Crippen LogP contribution in [0.4, 0.5) is 5.69 Å². The molecule has 17 heavy (non-hydrogen) atoms. The number of rotatable bonds is 4. The predicted molar refractivity (Wildman–Crippen MR) is 67.9 cm³/mol. The number of carbonyl (C=O) groups excluding carboxylic acids is 1. The third-order valence-corrected chi connectivity index (χ3v) is 3.53. The van der Waals surface area contributed by atoms with Crippen LogP contribution in [0, 0.1) is 12.8 Å². The van der Waals surface area contributed by atoms with Crippen molar-refractivity contribution in [3.63, 3.8) is 0 Å². The maximum Gasteiger partial charge on any atom is 0.328 e. The van der Waals surface area contributed by atoms with E-state index in [1.165, 1.54) is 13.5 Å². The third-order valence-electron chi connectivity index (χ3n) is 3.53. The fourth-order valence-electron chi connectivity index (χ4n) is 2.17. The summed E-state index contributed by atoms with van der Waals surface area (Å²) in [7, 11) is 1.45. The van der Waals surface area contributed by atoms with E-state index < -0.39 is 0 Å². The third kappa shape index (κ3) is 2.60. The second kappa shape index (κ2) is 5.21. The van der Waals surface area contributed by atoms with E-state index in [-0.39, 0.29) is 12.0 Å². The van der Waals surface area contributed by atoms with E-state index in [1.54, 1.807) is 0 Å². The molecule has 0 amide bonds. The second-order valence-corrected chi connectivity index (χ2v) is 4.65. The van der Waals surface area contributed by atoms with Gasteiger partial charge in [0.2, 0.25) is 0 Å². The molecule has 3 heteroatoms. The van der Waals surface area contributed by atoms with E-state index in [1.807, 2.05) is 31.2 Å². The summed E-state index contributed by atoms with van der Waals surface area (Å²) in [6, 6.07) is 7.82. The van der Waals surface area contributed by atoms with Gasteiger partial charge in [-0.1, -0.05) is 24.6 Å². The number of methoxy groups -OCH3 is 1. The zero-order valence-corrected chi connectivity index (χ0v) is 10.4. The van der Waals surface area contributed by atoms with Crippen LogP contribution in [0.1, 0.15) is 24.8 Å². The van der Waals surface area contributed by atoms with Crippen molar-refractivity contribution < 1.29 is 9.53 Å². The number of esters is 1. The van der Waals surface area contributed by atoms with Crippen molar-refractivity contribution in [2.75, 3.05) is 12.4 Å². The van der Waals surface area contributed by atoms with Crippen LogP contribution < -0.4 is 5.32 Å². The largest absolute Gasteiger partial charge is 0.467 e. The van der Waals surface area contributed by atoms with Gasteiger partial charge in [-0.05, 0) is 37.3 Å². The van der Waals surface area contributed by atoms with Crippen LogP contribution in [0.5, 0.6) is 0 Å². The van der Waals surface area contributed by atoms with Gasteiger partial charge in [0.05, 0.1) is 7.11 Å². The highest BCUT2D eigenvalue weighted by atomic mass is 16.5. The Hall–Kier alpha value is -1.51. The molecular weight excluding hydrogens is 214 g/mol. The van der Waals surface area contributed by atoms with Gasteiger partial charge in [-0.25, -0.2) is 4.79 Å². The first-order chi connectivity index (χ1) is 8.22. The van der Waals surface area contributed by atoms with Gasteiger partial charge in [-0.3, -0.25) is 0 Å². The summed E-state index contributed by atoms with van der Waals surface area (Å²) in [6.45, 7) is 2.04. The average molecular weight is 233 g/mol. The van der Waals surface area contributed by atoms with Crippen LogP contribution >= 0.6 is 0 Å². The zero-order valence-electron chi connectivity index (χ0n) is 10.4. The fourth-order valence-corrected chi connectivity index (χ4v) is 2.17. The van der Waals surface area contributed by atoms with E-state index in [9.17, 15) is 4.79 Å². The number of hydrogen-bond acceptors (Lipinski definition) is 3. The van der Waals surface area contributed by atoms with Gasteiger partial charge in [0.1, 0.15) is 6.04 Å². The molecule has 1 unspecified atom stereocenters. The summed E-state index contributed by atoms with van der Waals surface area (Å²) in [6.07, 6.45) is 3.44. The van der Waals surface area contributed by atoms with Crippen molar-refractivity contribution in [1.29, 1.82) is 0 Å². The molecule has 0 heterocycles. The molecule has 1 N–H and O–H groups in total. The van der Waals surface area contributed by atoms with Gasteiger partial charge >= 0.3 is 5.97 Å². The minimum atomic E-state index is -0.199. The highest BCUT2D eigenvalue weighted by Gasteiger charge is 2.33. The van der Waals surface area contributed by atoms with Crippen LogP contribution in [0.2, 0.25) is 0 Å². The summed E-state index contributed by atoms with van der Waals surface area (Å²) in [4.78, 5) is 11.8. The quantitative estimate of drug-likeness (QED) is 0.813. The Bertz CT molecular complexity index is 399. The van der Waals surface area contributed by atoms with Gasteiger partial charge in [0, 0.05) is 5.69 Å². The minimum Gasteiger partial charge on any atom is -0.467 e. The van der Waals surface area contributed by atoms with Gasteiger partial charge in [-0.15, -0.1) is 0 Å². The Balaban J connectivity index is 2.12. The first-order valence-corrected chi connectivity index (χ1v) is 6.12. The topological polar surface area (TPSA) is 38.3 Å². The number of ether oxygens (including phenoxy) is 1. The van der Waals surface area contributed by atoms with Crippen molar-refractivity contribution in [1.82, 2.24) is 0 Å². The van der Waals surface area contributed by atoms with E-state index in [0.717, 1.165) is 24.1 Å². The van der Waals surface area contributed by atoms with Crippen LogP contribution in [-0.4, -0.2) is 19.1 Å². The van der Waals surface area contributed by atoms with E-state index in [0.29, 0.717) is 5.92 Å². The Kier molecular flexibility index (Phi) is 3.67. The lowest BCUT2D eigenvalue weighted by atomic mass is 9.79. The molecule has 1 aromatic rings. The van der Waals surface area contributed by atoms with Crippen molar-refractivity contribution in [3.8, 4) is 0 Å². The lowest BCUT2D eigenvalue weighted by Gasteiger charge is -2.33. The van der Waals surface area contributed by atoms with E-state index in [2.05, 4.69) is 5.32 Å². The molecule has 1 saturated carbocycles. The molecule has 0 saturated heterocycles. The molecule has 3 nitrogen and oxygen atoms in total. The normalized spacial score (nSPS) is 17.1. The highest BCUT2D eigenvalue weighted by molar-refractivity contribution is 5.80. The standard InChI is InChI=1S/C14H19NO2/c1-10-6-3-4-9-12(10)15-13(14(16)17-2)11-7-5-8-11/h3-4,6,9,11,13,15H,5,7-8H2,1-2H3. The van der Waals surface area contributed by atoms with Gasteiger partial charge < -0.3 is 10.1 Å². The molecule has 0 spiro atoms. The van der Waals surface area contributed by atoms with Crippen molar-refractivity contribution in [3.05, 3.63) is 29.8 Å². The number of para-hydroxylation sites is 1. The van der Waals surface area contributed by atoms with Crippen LogP contribution in [0.15, 0.2) is 24.3 Å². The number of carbonyl (C=O) groups is 1. The maximum atomic E-state index is 11.8. The van der Waals surface area contributed by atoms with Crippen molar-refractivity contribution in [2.24, 2.45) is 5.92 Å². The highest BCUT2D eigenvalue weighted by Crippen LogP contribution is 2.32. The first-order valence-electron chi connectivity index (χ1n) is 6.12. The molecule has 1 aromatic carbocycles. The van der Waals surface area contributed by atoms with Gasteiger partial charge in [0.25, 0.3) is 0 Å². The lowest BCUT2D eigenvalue weighted by Crippen LogP contribution is -2.41. The smallest absolute Gasteiger partial charge is 0.328 e. The minimum absolute atomic E-state index is 0.155. The maximum absolute atomic E-state index is 11.8. The Morgan fingerprint density at radius 2 is 2.12 bits per heavy atom. The van der Waals surface area contributed by atoms with Crippen molar-refractivity contribution >= 4 is 11.7 Å². The number of nitrogens with one attached hydrogen (secondary N) is 1. The molecule has 1 aliphatic carbocycles. The van der Waals surface area contributed by atoms with E-state index in [4.69, 9.17) is 4.74 Å². The molecule has 2 rings (SSSR count). The monoisotopic (exact) mass is 233 g/mol. The Morgan fingerprint density at radius 1 is 1.41 bits per heavy atom. The van der Waals surface area contributed by atoms with Crippen LogP contribution in [0.25, 0.3) is 0 Å².